The Morgan fingerprint density at radius 2 is 1.94 bits per heavy atom. The van der Waals surface area contributed by atoms with Gasteiger partial charge in [-0.1, -0.05) is 35.9 Å². The molecule has 0 spiro atoms. The first-order valence-electron chi connectivity index (χ1n) is 9.37. The van der Waals surface area contributed by atoms with Crippen LogP contribution in [0.15, 0.2) is 64.8 Å². The Kier molecular flexibility index (Phi) is 6.59. The number of rotatable bonds is 4. The van der Waals surface area contributed by atoms with Gasteiger partial charge >= 0.3 is 12.1 Å². The van der Waals surface area contributed by atoms with E-state index in [1.54, 1.807) is 43.1 Å². The van der Waals surface area contributed by atoms with Gasteiger partial charge in [0.15, 0.2) is 5.96 Å². The molecule has 0 fully saturated rings. The number of carbonyl (C=O) groups is 1. The number of methoxy groups -OCH3 is 1. The number of ether oxygens (including phenoxy) is 1. The summed E-state index contributed by atoms with van der Waals surface area (Å²) in [6.45, 7) is 1.78. The van der Waals surface area contributed by atoms with Crippen molar-refractivity contribution in [2.24, 2.45) is 4.99 Å². The Hall–Kier alpha value is -3.00. The van der Waals surface area contributed by atoms with Crippen molar-refractivity contribution in [2.75, 3.05) is 14.2 Å². The molecule has 2 aromatic rings. The van der Waals surface area contributed by atoms with Crippen LogP contribution in [0.3, 0.4) is 0 Å². The number of hydrogen-bond acceptors (Lipinski definition) is 3. The summed E-state index contributed by atoms with van der Waals surface area (Å²) in [6, 6.07) is 11.5. The summed E-state index contributed by atoms with van der Waals surface area (Å²) in [4.78, 5) is 18.6. The number of halogens is 4. The van der Waals surface area contributed by atoms with Gasteiger partial charge in [0.05, 0.1) is 30.8 Å². The molecular weight excluding hydrogens is 431 g/mol. The fourth-order valence-corrected chi connectivity index (χ4v) is 3.52. The lowest BCUT2D eigenvalue weighted by Gasteiger charge is -2.36. The van der Waals surface area contributed by atoms with Crippen LogP contribution in [0, 0.1) is 0 Å². The minimum absolute atomic E-state index is 0.0275. The molecule has 1 heterocycles. The molecule has 1 aliphatic rings. The molecule has 9 heteroatoms. The topological polar surface area (TPSA) is 53.9 Å². The predicted octanol–water partition coefficient (Wildman–Crippen LogP) is 4.94. The number of hydrogen-bond donors (Lipinski definition) is 1. The molecule has 2 aromatic carbocycles. The minimum Gasteiger partial charge on any atom is -0.466 e. The lowest BCUT2D eigenvalue weighted by molar-refractivity contribution is -0.138. The van der Waals surface area contributed by atoms with E-state index in [1.165, 1.54) is 13.2 Å². The van der Waals surface area contributed by atoms with Crippen molar-refractivity contribution in [3.8, 4) is 0 Å². The number of benzene rings is 2. The van der Waals surface area contributed by atoms with Crippen LogP contribution < -0.4 is 5.32 Å². The van der Waals surface area contributed by atoms with Crippen LogP contribution >= 0.6 is 11.6 Å². The van der Waals surface area contributed by atoms with Crippen molar-refractivity contribution < 1.29 is 22.7 Å². The molecule has 0 saturated carbocycles. The van der Waals surface area contributed by atoms with E-state index in [0.29, 0.717) is 27.8 Å². The van der Waals surface area contributed by atoms with Gasteiger partial charge in [-0.3, -0.25) is 0 Å². The summed E-state index contributed by atoms with van der Waals surface area (Å²) in [5.74, 6) is -0.0914. The Balaban J connectivity index is 1.97. The highest BCUT2D eigenvalue weighted by Gasteiger charge is 2.34. The molecule has 1 atom stereocenters. The summed E-state index contributed by atoms with van der Waals surface area (Å²) in [6.07, 6.45) is -4.42. The highest BCUT2D eigenvalue weighted by molar-refractivity contribution is 6.30. The van der Waals surface area contributed by atoms with Crippen molar-refractivity contribution in [1.29, 1.82) is 0 Å². The standard InChI is InChI=1S/C22H21ClF3N3O2/c1-13-18(20(30)31-3)19(15-7-5-9-17(23)11-15)28-21(29(13)2)27-12-14-6-4-8-16(10-14)22(24,25)26/h4-11,19H,12H2,1-3H3,(H,27,28). The number of alkyl halides is 3. The highest BCUT2D eigenvalue weighted by atomic mass is 35.5. The average molecular weight is 452 g/mol. The first-order valence-corrected chi connectivity index (χ1v) is 9.75. The molecule has 0 bridgehead atoms. The molecule has 31 heavy (non-hydrogen) atoms. The average Bonchev–Trinajstić information content (AvgIpc) is 2.73. The molecule has 1 unspecified atom stereocenters. The molecule has 0 aliphatic carbocycles. The van der Waals surface area contributed by atoms with Gasteiger partial charge in [0.2, 0.25) is 0 Å². The van der Waals surface area contributed by atoms with E-state index < -0.39 is 23.8 Å². The van der Waals surface area contributed by atoms with Crippen LogP contribution in [-0.2, 0) is 22.3 Å². The zero-order chi connectivity index (χ0) is 22.8. The van der Waals surface area contributed by atoms with Crippen LogP contribution in [0.5, 0.6) is 0 Å². The first-order chi connectivity index (χ1) is 14.6. The van der Waals surface area contributed by atoms with Gasteiger partial charge in [0, 0.05) is 17.8 Å². The third kappa shape index (κ3) is 5.02. The lowest BCUT2D eigenvalue weighted by Crippen LogP contribution is -2.47. The maximum Gasteiger partial charge on any atom is 0.416 e. The Labute approximate surface area is 183 Å². The van der Waals surface area contributed by atoms with Gasteiger partial charge < -0.3 is 15.0 Å². The Bertz CT molecular complexity index is 1050. The second-order valence-corrected chi connectivity index (χ2v) is 7.46. The number of carbonyl (C=O) groups excluding carboxylic acids is 1. The number of nitrogens with one attached hydrogen (secondary N) is 1. The molecule has 0 saturated heterocycles. The smallest absolute Gasteiger partial charge is 0.416 e. The number of allylic oxidation sites excluding steroid dienone is 1. The molecule has 5 nitrogen and oxygen atoms in total. The number of nitrogens with zero attached hydrogens (tertiary/aromatic N) is 2. The van der Waals surface area contributed by atoms with Gasteiger partial charge in [-0.25, -0.2) is 9.79 Å². The maximum absolute atomic E-state index is 13.0. The van der Waals surface area contributed by atoms with E-state index in [2.05, 4.69) is 10.3 Å². The zero-order valence-electron chi connectivity index (χ0n) is 17.1. The normalized spacial score (nSPS) is 18.2. The van der Waals surface area contributed by atoms with E-state index in [4.69, 9.17) is 16.3 Å². The summed E-state index contributed by atoms with van der Waals surface area (Å²) in [5, 5.41) is 3.70. The largest absolute Gasteiger partial charge is 0.466 e. The summed E-state index contributed by atoms with van der Waals surface area (Å²) >= 11 is 6.13. The zero-order valence-corrected chi connectivity index (χ0v) is 17.9. The lowest BCUT2D eigenvalue weighted by atomic mass is 9.95. The van der Waals surface area contributed by atoms with Gasteiger partial charge in [-0.05, 0) is 42.3 Å². The third-order valence-electron chi connectivity index (χ3n) is 5.03. The fraction of sp³-hybridized carbons (Fsp3) is 0.273. The van der Waals surface area contributed by atoms with Gasteiger partial charge in [-0.15, -0.1) is 0 Å². The van der Waals surface area contributed by atoms with Crippen molar-refractivity contribution in [3.63, 3.8) is 0 Å². The first kappa shape index (κ1) is 22.7. The molecular formula is C22H21ClF3N3O2. The van der Waals surface area contributed by atoms with Crippen molar-refractivity contribution in [2.45, 2.75) is 25.7 Å². The summed E-state index contributed by atoms with van der Waals surface area (Å²) < 4.78 is 43.9. The van der Waals surface area contributed by atoms with Crippen LogP contribution in [0.1, 0.15) is 29.7 Å². The van der Waals surface area contributed by atoms with E-state index in [-0.39, 0.29) is 6.54 Å². The molecule has 1 aliphatic heterocycles. The minimum atomic E-state index is -4.42. The number of esters is 1. The molecule has 164 valence electrons. The van der Waals surface area contributed by atoms with Gasteiger partial charge in [0.25, 0.3) is 0 Å². The SMILES string of the molecule is COC(=O)C1=C(C)N(C)C(=NCc2cccc(C(F)(F)F)c2)NC1c1cccc(Cl)c1. The van der Waals surface area contributed by atoms with Crippen LogP contribution in [-0.4, -0.2) is 31.0 Å². The van der Waals surface area contributed by atoms with Crippen LogP contribution in [0.2, 0.25) is 5.02 Å². The fourth-order valence-electron chi connectivity index (χ4n) is 3.32. The number of aliphatic imine (C=N–C) groups is 1. The summed E-state index contributed by atoms with van der Waals surface area (Å²) in [7, 11) is 3.01. The molecule has 1 N–H and O–H groups in total. The van der Waals surface area contributed by atoms with Crippen LogP contribution in [0.4, 0.5) is 13.2 Å². The molecule has 3 rings (SSSR count). The maximum atomic E-state index is 13.0. The molecule has 0 amide bonds. The van der Waals surface area contributed by atoms with E-state index in [0.717, 1.165) is 17.7 Å². The van der Waals surface area contributed by atoms with E-state index in [1.807, 2.05) is 6.07 Å². The van der Waals surface area contributed by atoms with Crippen LogP contribution in [0.25, 0.3) is 0 Å². The monoisotopic (exact) mass is 451 g/mol. The second kappa shape index (κ2) is 9.01. The quantitative estimate of drug-likeness (QED) is 0.669. The Morgan fingerprint density at radius 1 is 1.23 bits per heavy atom. The number of guanidine groups is 1. The van der Waals surface area contributed by atoms with Crippen molar-refractivity contribution in [3.05, 3.63) is 81.5 Å². The molecule has 0 radical (unpaired) electrons. The second-order valence-electron chi connectivity index (χ2n) is 7.02. The van der Waals surface area contributed by atoms with Crippen molar-refractivity contribution in [1.82, 2.24) is 10.2 Å². The summed E-state index contributed by atoms with van der Waals surface area (Å²) in [5.41, 5.74) is 1.42. The van der Waals surface area contributed by atoms with Crippen molar-refractivity contribution >= 4 is 23.5 Å². The molecule has 0 aromatic heterocycles. The van der Waals surface area contributed by atoms with Gasteiger partial charge in [0.1, 0.15) is 0 Å². The Morgan fingerprint density at radius 3 is 2.58 bits per heavy atom. The third-order valence-corrected chi connectivity index (χ3v) is 5.26. The van der Waals surface area contributed by atoms with Gasteiger partial charge in [-0.2, -0.15) is 13.2 Å². The highest BCUT2D eigenvalue weighted by Crippen LogP contribution is 2.32. The van der Waals surface area contributed by atoms with E-state index >= 15 is 0 Å². The van der Waals surface area contributed by atoms with E-state index in [9.17, 15) is 18.0 Å². The predicted molar refractivity (Wildman–Crippen MR) is 112 cm³/mol.